The molecule has 0 aromatic carbocycles. The topological polar surface area (TPSA) is 17.1 Å². The lowest BCUT2D eigenvalue weighted by molar-refractivity contribution is -0.130. The fourth-order valence-corrected chi connectivity index (χ4v) is 0.999. The summed E-state index contributed by atoms with van der Waals surface area (Å²) in [5.41, 5.74) is -2.30. The molecule has 0 spiro atoms. The number of carbonyl (C=O) groups is 1. The Hall–Kier alpha value is 0.0400. The molecular formula is C6H7Cl2F3O. The molecule has 0 aromatic heterocycles. The maximum Gasteiger partial charge on any atom is 0.179 e. The van der Waals surface area contributed by atoms with E-state index in [1.54, 1.807) is 0 Å². The monoisotopic (exact) mass is 222 g/mol. The highest BCUT2D eigenvalue weighted by molar-refractivity contribution is 6.54. The van der Waals surface area contributed by atoms with E-state index in [1.807, 2.05) is 0 Å². The van der Waals surface area contributed by atoms with Gasteiger partial charge in [0.15, 0.2) is 10.6 Å². The van der Waals surface area contributed by atoms with Gasteiger partial charge in [0.25, 0.3) is 0 Å². The second-order valence-corrected chi connectivity index (χ2v) is 3.44. The van der Waals surface area contributed by atoms with E-state index >= 15 is 0 Å². The second-order valence-electron chi connectivity index (χ2n) is 2.35. The third-order valence-corrected chi connectivity index (χ3v) is 1.88. The van der Waals surface area contributed by atoms with Crippen molar-refractivity contribution in [3.8, 4) is 0 Å². The van der Waals surface area contributed by atoms with E-state index in [1.165, 1.54) is 0 Å². The van der Waals surface area contributed by atoms with Crippen LogP contribution in [0.4, 0.5) is 13.2 Å². The maximum absolute atomic E-state index is 12.1. The van der Waals surface area contributed by atoms with Gasteiger partial charge in [-0.3, -0.25) is 4.79 Å². The van der Waals surface area contributed by atoms with Crippen molar-refractivity contribution in [3.63, 3.8) is 0 Å². The van der Waals surface area contributed by atoms with Gasteiger partial charge in [-0.2, -0.15) is 0 Å². The Kier molecular flexibility index (Phi) is 4.94. The van der Waals surface area contributed by atoms with Crippen molar-refractivity contribution in [3.05, 3.63) is 0 Å². The fourth-order valence-electron chi connectivity index (χ4n) is 0.536. The number of Topliss-reactive ketones (excluding diaryl/α,β-unsaturated/α-hetero) is 1. The molecule has 0 aliphatic heterocycles. The predicted octanol–water partition coefficient (Wildman–Crippen LogP) is 2.25. The summed E-state index contributed by atoms with van der Waals surface area (Å²) in [5.74, 6) is -1.15. The van der Waals surface area contributed by atoms with Crippen LogP contribution >= 0.6 is 23.2 Å². The van der Waals surface area contributed by atoms with Crippen molar-refractivity contribution in [2.75, 3.05) is 20.0 Å². The normalized spacial score (nSPS) is 12.2. The molecule has 0 rings (SSSR count). The predicted molar refractivity (Wildman–Crippen MR) is 40.9 cm³/mol. The molecule has 0 aliphatic carbocycles. The highest BCUT2D eigenvalue weighted by Gasteiger charge is 2.42. The summed E-state index contributed by atoms with van der Waals surface area (Å²) in [6.07, 6.45) is 0. The molecule has 0 fully saturated rings. The quantitative estimate of drug-likeness (QED) is 0.653. The third kappa shape index (κ3) is 2.26. The largest absolute Gasteiger partial charge is 0.296 e. The van der Waals surface area contributed by atoms with Crippen LogP contribution in [0.2, 0.25) is 0 Å². The number of hydrogen-bond acceptors (Lipinski definition) is 1. The molecule has 0 radical (unpaired) electrons. The third-order valence-electron chi connectivity index (χ3n) is 1.49. The molecule has 0 saturated carbocycles. The Morgan fingerprint density at radius 3 is 1.58 bits per heavy atom. The van der Waals surface area contributed by atoms with Crippen molar-refractivity contribution >= 4 is 29.0 Å². The van der Waals surface area contributed by atoms with Gasteiger partial charge in [-0.15, -0.1) is 0 Å². The molecule has 0 aliphatic rings. The molecule has 12 heavy (non-hydrogen) atoms. The number of halogens is 5. The molecule has 72 valence electrons. The summed E-state index contributed by atoms with van der Waals surface area (Å²) < 4.78 is 36.3. The Morgan fingerprint density at radius 2 is 1.50 bits per heavy atom. The number of hydrogen-bond donors (Lipinski definition) is 0. The molecule has 0 atom stereocenters. The van der Waals surface area contributed by atoms with E-state index in [4.69, 9.17) is 23.2 Å². The number of alkyl halides is 5. The summed E-state index contributed by atoms with van der Waals surface area (Å²) in [5, 5.41) is 0. The Bertz CT molecular complexity index is 151. The van der Waals surface area contributed by atoms with Crippen molar-refractivity contribution in [2.45, 2.75) is 4.84 Å². The van der Waals surface area contributed by atoms with Crippen LogP contribution in [0.3, 0.4) is 0 Å². The number of carbonyl (C=O) groups excluding carboxylic acids is 1. The fraction of sp³-hybridized carbons (Fsp3) is 0.833. The van der Waals surface area contributed by atoms with Crippen LogP contribution in [0.15, 0.2) is 0 Å². The summed E-state index contributed by atoms with van der Waals surface area (Å²) >= 11 is 10.1. The summed E-state index contributed by atoms with van der Waals surface area (Å²) in [6.45, 7) is -4.31. The van der Waals surface area contributed by atoms with Crippen LogP contribution in [-0.2, 0) is 4.79 Å². The average molecular weight is 223 g/mol. The van der Waals surface area contributed by atoms with Crippen LogP contribution in [0, 0.1) is 5.41 Å². The average Bonchev–Trinajstić information content (AvgIpc) is 2.08. The van der Waals surface area contributed by atoms with E-state index in [0.717, 1.165) is 0 Å². The van der Waals surface area contributed by atoms with Crippen molar-refractivity contribution in [1.82, 2.24) is 0 Å². The first-order valence-corrected chi connectivity index (χ1v) is 3.91. The maximum atomic E-state index is 12.1. The highest BCUT2D eigenvalue weighted by atomic mass is 35.5. The van der Waals surface area contributed by atoms with Crippen LogP contribution < -0.4 is 0 Å². The zero-order valence-electron chi connectivity index (χ0n) is 6.00. The molecule has 0 heterocycles. The van der Waals surface area contributed by atoms with Gasteiger partial charge >= 0.3 is 0 Å². The van der Waals surface area contributed by atoms with E-state index in [-0.39, 0.29) is 0 Å². The van der Waals surface area contributed by atoms with Gasteiger partial charge in [0.1, 0.15) is 25.4 Å². The summed E-state index contributed by atoms with van der Waals surface area (Å²) in [7, 11) is 0. The lowest BCUT2D eigenvalue weighted by atomic mass is 9.88. The van der Waals surface area contributed by atoms with Gasteiger partial charge in [-0.25, -0.2) is 13.2 Å². The first-order valence-electron chi connectivity index (χ1n) is 3.04. The van der Waals surface area contributed by atoms with Crippen molar-refractivity contribution in [1.29, 1.82) is 0 Å². The molecule has 6 heteroatoms. The lowest BCUT2D eigenvalue weighted by Gasteiger charge is -2.22. The van der Waals surface area contributed by atoms with Gasteiger partial charge in [0.05, 0.1) is 0 Å². The number of ketones is 1. The van der Waals surface area contributed by atoms with Crippen molar-refractivity contribution in [2.24, 2.45) is 5.41 Å². The SMILES string of the molecule is O=C(C(Cl)Cl)C(CF)(CF)CF. The molecule has 0 amide bonds. The van der Waals surface area contributed by atoms with E-state index in [0.29, 0.717) is 0 Å². The Labute approximate surface area is 77.8 Å². The zero-order valence-corrected chi connectivity index (χ0v) is 7.51. The van der Waals surface area contributed by atoms with Gasteiger partial charge in [0.2, 0.25) is 0 Å². The van der Waals surface area contributed by atoms with E-state index in [9.17, 15) is 18.0 Å². The summed E-state index contributed by atoms with van der Waals surface area (Å²) in [6, 6.07) is 0. The highest BCUT2D eigenvalue weighted by Crippen LogP contribution is 2.26. The standard InChI is InChI=1S/C6H7Cl2F3O/c7-5(8)4(12)6(1-9,2-10)3-11/h5H,1-3H2. The molecule has 0 saturated heterocycles. The van der Waals surface area contributed by atoms with Crippen LogP contribution in [0.1, 0.15) is 0 Å². The minimum absolute atomic E-state index is 1.15. The van der Waals surface area contributed by atoms with Gasteiger partial charge in [0, 0.05) is 0 Å². The van der Waals surface area contributed by atoms with Crippen LogP contribution in [0.5, 0.6) is 0 Å². The van der Waals surface area contributed by atoms with Gasteiger partial charge in [-0.05, 0) is 0 Å². The zero-order chi connectivity index (χ0) is 9.78. The minimum Gasteiger partial charge on any atom is -0.296 e. The first kappa shape index (κ1) is 12.0. The molecule has 0 aromatic rings. The molecular weight excluding hydrogens is 216 g/mol. The number of rotatable bonds is 5. The Morgan fingerprint density at radius 1 is 1.17 bits per heavy atom. The van der Waals surface area contributed by atoms with Crippen LogP contribution in [-0.4, -0.2) is 30.6 Å². The smallest absolute Gasteiger partial charge is 0.179 e. The van der Waals surface area contributed by atoms with Crippen molar-refractivity contribution < 1.29 is 18.0 Å². The van der Waals surface area contributed by atoms with Gasteiger partial charge in [-0.1, -0.05) is 23.2 Å². The Balaban J connectivity index is 4.59. The molecule has 1 nitrogen and oxygen atoms in total. The molecule has 0 N–H and O–H groups in total. The molecule has 0 unspecified atom stereocenters. The minimum atomic E-state index is -2.30. The van der Waals surface area contributed by atoms with E-state index < -0.39 is 36.1 Å². The second kappa shape index (κ2) is 4.92. The first-order chi connectivity index (χ1) is 5.54. The van der Waals surface area contributed by atoms with E-state index in [2.05, 4.69) is 0 Å². The lowest BCUT2D eigenvalue weighted by Crippen LogP contribution is -2.41. The van der Waals surface area contributed by atoms with Crippen LogP contribution in [0.25, 0.3) is 0 Å². The molecule has 0 bridgehead atoms. The van der Waals surface area contributed by atoms with Gasteiger partial charge < -0.3 is 0 Å². The summed E-state index contributed by atoms with van der Waals surface area (Å²) in [4.78, 5) is 9.28.